The van der Waals surface area contributed by atoms with Crippen molar-refractivity contribution < 1.29 is 9.53 Å². The largest absolute Gasteiger partial charge is 0.377 e. The van der Waals surface area contributed by atoms with Gasteiger partial charge in [0.1, 0.15) is 0 Å². The molecule has 2 N–H and O–H groups in total. The Bertz CT molecular complexity index is 226. The normalized spacial score (nSPS) is 31.5. The number of hydrogen-bond acceptors (Lipinski definition) is 3. The van der Waals surface area contributed by atoms with E-state index in [0.717, 1.165) is 12.8 Å². The zero-order valence-corrected chi connectivity index (χ0v) is 7.95. The molecule has 74 valence electrons. The number of morpholine rings is 1. The Labute approximate surface area is 78.0 Å². The van der Waals surface area contributed by atoms with E-state index in [2.05, 4.69) is 0 Å². The third-order valence-electron chi connectivity index (χ3n) is 2.84. The summed E-state index contributed by atoms with van der Waals surface area (Å²) in [6.07, 6.45) is 1.69. The summed E-state index contributed by atoms with van der Waals surface area (Å²) in [7, 11) is 0. The summed E-state index contributed by atoms with van der Waals surface area (Å²) >= 11 is 0. The summed E-state index contributed by atoms with van der Waals surface area (Å²) in [5.74, 6) is 0.114. The summed E-state index contributed by atoms with van der Waals surface area (Å²) in [5.41, 5.74) is 5.33. The first-order valence-corrected chi connectivity index (χ1v) is 4.81. The van der Waals surface area contributed by atoms with Gasteiger partial charge in [-0.1, -0.05) is 0 Å². The van der Waals surface area contributed by atoms with Crippen LogP contribution < -0.4 is 5.73 Å². The maximum absolute atomic E-state index is 11.8. The molecule has 4 nitrogen and oxygen atoms in total. The van der Waals surface area contributed by atoms with Crippen LogP contribution in [0, 0.1) is 0 Å². The highest BCUT2D eigenvalue weighted by Crippen LogP contribution is 2.34. The molecule has 2 rings (SSSR count). The van der Waals surface area contributed by atoms with Gasteiger partial charge in [0, 0.05) is 6.54 Å². The van der Waals surface area contributed by atoms with E-state index in [4.69, 9.17) is 10.5 Å². The number of amides is 1. The number of carbonyl (C=O) groups is 1. The Morgan fingerprint density at radius 2 is 2.31 bits per heavy atom. The molecular formula is C9H16N2O2. The predicted octanol–water partition coefficient (Wildman–Crippen LogP) is -0.275. The van der Waals surface area contributed by atoms with E-state index in [0.29, 0.717) is 19.8 Å². The first-order chi connectivity index (χ1) is 6.13. The van der Waals surface area contributed by atoms with E-state index < -0.39 is 5.54 Å². The van der Waals surface area contributed by atoms with Crippen LogP contribution in [0.5, 0.6) is 0 Å². The zero-order valence-electron chi connectivity index (χ0n) is 7.95. The van der Waals surface area contributed by atoms with Crippen LogP contribution in [-0.4, -0.2) is 42.1 Å². The fourth-order valence-corrected chi connectivity index (χ4v) is 1.66. The second kappa shape index (κ2) is 2.96. The predicted molar refractivity (Wildman–Crippen MR) is 48.1 cm³/mol. The summed E-state index contributed by atoms with van der Waals surface area (Å²) in [6, 6.07) is 0.183. The maximum Gasteiger partial charge on any atom is 0.243 e. The molecule has 0 aromatic heterocycles. The fourth-order valence-electron chi connectivity index (χ4n) is 1.66. The third-order valence-corrected chi connectivity index (χ3v) is 2.84. The van der Waals surface area contributed by atoms with Crippen LogP contribution in [0.3, 0.4) is 0 Å². The minimum Gasteiger partial charge on any atom is -0.377 e. The van der Waals surface area contributed by atoms with Crippen LogP contribution in [0.25, 0.3) is 0 Å². The van der Waals surface area contributed by atoms with Crippen LogP contribution in [0.15, 0.2) is 0 Å². The second-order valence-corrected chi connectivity index (χ2v) is 4.08. The van der Waals surface area contributed by atoms with Gasteiger partial charge in [0.25, 0.3) is 0 Å². The number of ether oxygens (including phenoxy) is 1. The first kappa shape index (κ1) is 8.97. The standard InChI is InChI=1S/C9H16N2O2/c1-7-6-13-5-4-11(7)8(12)9(10)2-3-9/h7H,2-6,10H2,1H3/t7-/m1/s1. The topological polar surface area (TPSA) is 55.6 Å². The number of rotatable bonds is 1. The number of nitrogens with zero attached hydrogens (tertiary/aromatic N) is 1. The van der Waals surface area contributed by atoms with Crippen molar-refractivity contribution in [1.29, 1.82) is 0 Å². The molecule has 1 saturated heterocycles. The van der Waals surface area contributed by atoms with Crippen molar-refractivity contribution in [2.45, 2.75) is 31.3 Å². The van der Waals surface area contributed by atoms with E-state index in [1.807, 2.05) is 11.8 Å². The summed E-state index contributed by atoms with van der Waals surface area (Å²) in [5, 5.41) is 0. The summed E-state index contributed by atoms with van der Waals surface area (Å²) in [6.45, 7) is 3.98. The molecule has 2 aliphatic rings. The molecule has 1 saturated carbocycles. The van der Waals surface area contributed by atoms with Crippen molar-refractivity contribution in [3.05, 3.63) is 0 Å². The molecule has 0 aromatic carbocycles. The van der Waals surface area contributed by atoms with E-state index in [9.17, 15) is 4.79 Å². The van der Waals surface area contributed by atoms with Gasteiger partial charge in [-0.2, -0.15) is 0 Å². The molecule has 2 fully saturated rings. The molecule has 1 aliphatic carbocycles. The average molecular weight is 184 g/mol. The molecule has 4 heteroatoms. The van der Waals surface area contributed by atoms with Crippen molar-refractivity contribution in [2.24, 2.45) is 5.73 Å². The lowest BCUT2D eigenvalue weighted by Gasteiger charge is -2.35. The highest BCUT2D eigenvalue weighted by atomic mass is 16.5. The van der Waals surface area contributed by atoms with E-state index in [-0.39, 0.29) is 11.9 Å². The molecule has 0 unspecified atom stereocenters. The molecule has 0 spiro atoms. The van der Waals surface area contributed by atoms with E-state index in [1.54, 1.807) is 0 Å². The molecule has 1 heterocycles. The Morgan fingerprint density at radius 1 is 1.62 bits per heavy atom. The van der Waals surface area contributed by atoms with Gasteiger partial charge in [-0.15, -0.1) is 0 Å². The quantitative estimate of drug-likeness (QED) is 0.610. The van der Waals surface area contributed by atoms with E-state index in [1.165, 1.54) is 0 Å². The van der Waals surface area contributed by atoms with Crippen molar-refractivity contribution >= 4 is 5.91 Å². The minimum atomic E-state index is -0.522. The summed E-state index contributed by atoms with van der Waals surface area (Å²) < 4.78 is 5.26. The third kappa shape index (κ3) is 1.56. The first-order valence-electron chi connectivity index (χ1n) is 4.81. The van der Waals surface area contributed by atoms with Gasteiger partial charge in [-0.25, -0.2) is 0 Å². The van der Waals surface area contributed by atoms with Gasteiger partial charge in [0.05, 0.1) is 24.8 Å². The highest BCUT2D eigenvalue weighted by Gasteiger charge is 2.49. The molecule has 13 heavy (non-hydrogen) atoms. The molecule has 1 atom stereocenters. The van der Waals surface area contributed by atoms with Gasteiger partial charge in [-0.3, -0.25) is 4.79 Å². The lowest BCUT2D eigenvalue weighted by atomic mass is 10.2. The molecule has 1 aliphatic heterocycles. The van der Waals surface area contributed by atoms with Crippen molar-refractivity contribution in [1.82, 2.24) is 4.90 Å². The monoisotopic (exact) mass is 184 g/mol. The van der Waals surface area contributed by atoms with Crippen LogP contribution in [0.2, 0.25) is 0 Å². The fraction of sp³-hybridized carbons (Fsp3) is 0.889. The Hall–Kier alpha value is -0.610. The Kier molecular flexibility index (Phi) is 2.04. The maximum atomic E-state index is 11.8. The van der Waals surface area contributed by atoms with Crippen LogP contribution in [0.4, 0.5) is 0 Å². The smallest absolute Gasteiger partial charge is 0.243 e. The highest BCUT2D eigenvalue weighted by molar-refractivity contribution is 5.89. The Morgan fingerprint density at radius 3 is 2.85 bits per heavy atom. The number of carbonyl (C=O) groups excluding carboxylic acids is 1. The van der Waals surface area contributed by atoms with Gasteiger partial charge < -0.3 is 15.4 Å². The van der Waals surface area contributed by atoms with Gasteiger partial charge in [0.15, 0.2) is 0 Å². The van der Waals surface area contributed by atoms with Crippen LogP contribution in [-0.2, 0) is 9.53 Å². The van der Waals surface area contributed by atoms with E-state index >= 15 is 0 Å². The van der Waals surface area contributed by atoms with Crippen molar-refractivity contribution in [3.8, 4) is 0 Å². The minimum absolute atomic E-state index is 0.114. The molecular weight excluding hydrogens is 168 g/mol. The average Bonchev–Trinajstić information content (AvgIpc) is 2.85. The molecule has 0 bridgehead atoms. The van der Waals surface area contributed by atoms with Crippen molar-refractivity contribution in [3.63, 3.8) is 0 Å². The number of nitrogens with two attached hydrogens (primary N) is 1. The van der Waals surface area contributed by atoms with Gasteiger partial charge >= 0.3 is 0 Å². The van der Waals surface area contributed by atoms with Gasteiger partial charge in [0.2, 0.25) is 5.91 Å². The van der Waals surface area contributed by atoms with Crippen LogP contribution in [0.1, 0.15) is 19.8 Å². The summed E-state index contributed by atoms with van der Waals surface area (Å²) in [4.78, 5) is 13.7. The van der Waals surface area contributed by atoms with Crippen molar-refractivity contribution in [2.75, 3.05) is 19.8 Å². The number of hydrogen-bond donors (Lipinski definition) is 1. The molecule has 0 radical (unpaired) electrons. The lowest BCUT2D eigenvalue weighted by molar-refractivity contribution is -0.141. The second-order valence-electron chi connectivity index (χ2n) is 4.08. The lowest BCUT2D eigenvalue weighted by Crippen LogP contribution is -2.54. The SMILES string of the molecule is C[C@@H]1COCCN1C(=O)C1(N)CC1. The van der Waals surface area contributed by atoms with Crippen LogP contribution >= 0.6 is 0 Å². The molecule has 0 aromatic rings. The Balaban J connectivity index is 2.02. The molecule has 1 amide bonds. The zero-order chi connectivity index (χ0) is 9.47. The van der Waals surface area contributed by atoms with Gasteiger partial charge in [-0.05, 0) is 19.8 Å².